The monoisotopic (exact) mass is 255 g/mol. The molecule has 0 aliphatic carbocycles. The number of nitrogens with zero attached hydrogens (tertiary/aromatic N) is 2. The molecular weight excluding hydrogens is 230 g/mol. The van der Waals surface area contributed by atoms with Crippen LogP contribution >= 0.6 is 0 Å². The first-order chi connectivity index (χ1) is 8.70. The van der Waals surface area contributed by atoms with Gasteiger partial charge in [-0.2, -0.15) is 0 Å². The first-order valence-electron chi connectivity index (χ1n) is 7.04. The second kappa shape index (κ2) is 6.38. The Morgan fingerprint density at radius 2 is 2.28 bits per heavy atom. The van der Waals surface area contributed by atoms with Crippen LogP contribution in [0.3, 0.4) is 0 Å². The van der Waals surface area contributed by atoms with Crippen molar-refractivity contribution < 1.29 is 9.53 Å². The van der Waals surface area contributed by atoms with E-state index >= 15 is 0 Å². The summed E-state index contributed by atoms with van der Waals surface area (Å²) in [7, 11) is 2.13. The fourth-order valence-electron chi connectivity index (χ4n) is 2.77. The SMILES string of the molecule is CCC1CN(C)CCCN1C(=O)NC1CCOC1. The number of urea groups is 1. The average molecular weight is 255 g/mol. The molecule has 0 radical (unpaired) electrons. The number of carbonyl (C=O) groups excluding carboxylic acids is 1. The summed E-state index contributed by atoms with van der Waals surface area (Å²) < 4.78 is 5.30. The minimum atomic E-state index is 0.0904. The maximum atomic E-state index is 12.3. The van der Waals surface area contributed by atoms with Crippen molar-refractivity contribution in [2.45, 2.75) is 38.3 Å². The number of amides is 2. The lowest BCUT2D eigenvalue weighted by Gasteiger charge is -2.31. The van der Waals surface area contributed by atoms with Crippen molar-refractivity contribution >= 4 is 6.03 Å². The van der Waals surface area contributed by atoms with Gasteiger partial charge in [-0.25, -0.2) is 4.79 Å². The molecule has 18 heavy (non-hydrogen) atoms. The van der Waals surface area contributed by atoms with Gasteiger partial charge in [0.15, 0.2) is 0 Å². The Balaban J connectivity index is 1.92. The predicted molar refractivity (Wildman–Crippen MR) is 70.7 cm³/mol. The molecule has 0 aromatic carbocycles. The largest absolute Gasteiger partial charge is 0.379 e. The molecule has 0 spiro atoms. The molecule has 5 heteroatoms. The van der Waals surface area contributed by atoms with E-state index < -0.39 is 0 Å². The van der Waals surface area contributed by atoms with Gasteiger partial charge in [0.05, 0.1) is 12.6 Å². The van der Waals surface area contributed by atoms with Gasteiger partial charge in [-0.3, -0.25) is 0 Å². The van der Waals surface area contributed by atoms with E-state index in [0.29, 0.717) is 12.6 Å². The van der Waals surface area contributed by atoms with Crippen LogP contribution in [0.1, 0.15) is 26.2 Å². The van der Waals surface area contributed by atoms with Crippen molar-refractivity contribution in [3.63, 3.8) is 0 Å². The van der Waals surface area contributed by atoms with Crippen molar-refractivity contribution in [3.05, 3.63) is 0 Å². The van der Waals surface area contributed by atoms with Crippen LogP contribution in [-0.4, -0.2) is 67.8 Å². The van der Waals surface area contributed by atoms with Crippen LogP contribution in [0.25, 0.3) is 0 Å². The minimum Gasteiger partial charge on any atom is -0.379 e. The molecule has 0 bridgehead atoms. The Hall–Kier alpha value is -0.810. The number of likely N-dealkylation sites (N-methyl/N-ethyl adjacent to an activating group) is 1. The first-order valence-corrected chi connectivity index (χ1v) is 7.04. The van der Waals surface area contributed by atoms with Gasteiger partial charge in [-0.15, -0.1) is 0 Å². The van der Waals surface area contributed by atoms with E-state index in [1.54, 1.807) is 0 Å². The zero-order valence-corrected chi connectivity index (χ0v) is 11.5. The lowest BCUT2D eigenvalue weighted by atomic mass is 10.2. The molecule has 2 amide bonds. The lowest BCUT2D eigenvalue weighted by molar-refractivity contribution is 0.160. The highest BCUT2D eigenvalue weighted by atomic mass is 16.5. The van der Waals surface area contributed by atoms with Gasteiger partial charge in [0, 0.05) is 25.7 Å². The Morgan fingerprint density at radius 3 is 2.94 bits per heavy atom. The Labute approximate surface area is 109 Å². The van der Waals surface area contributed by atoms with Crippen LogP contribution in [0.2, 0.25) is 0 Å². The normalized spacial score (nSPS) is 30.2. The Morgan fingerprint density at radius 1 is 1.44 bits per heavy atom. The molecule has 2 aliphatic heterocycles. The fraction of sp³-hybridized carbons (Fsp3) is 0.923. The highest BCUT2D eigenvalue weighted by Crippen LogP contribution is 2.13. The van der Waals surface area contributed by atoms with Gasteiger partial charge in [-0.1, -0.05) is 6.92 Å². The molecule has 0 aromatic rings. The second-order valence-corrected chi connectivity index (χ2v) is 5.38. The van der Waals surface area contributed by atoms with Crippen molar-refractivity contribution in [1.29, 1.82) is 0 Å². The molecule has 2 saturated heterocycles. The summed E-state index contributed by atoms with van der Waals surface area (Å²) in [4.78, 5) is 16.7. The molecule has 1 N–H and O–H groups in total. The zero-order valence-electron chi connectivity index (χ0n) is 11.5. The van der Waals surface area contributed by atoms with E-state index in [4.69, 9.17) is 4.74 Å². The summed E-state index contributed by atoms with van der Waals surface area (Å²) in [5.41, 5.74) is 0. The zero-order chi connectivity index (χ0) is 13.0. The molecule has 2 aliphatic rings. The number of hydrogen-bond acceptors (Lipinski definition) is 3. The van der Waals surface area contributed by atoms with E-state index in [-0.39, 0.29) is 12.1 Å². The van der Waals surface area contributed by atoms with Gasteiger partial charge in [0.1, 0.15) is 0 Å². The molecule has 2 fully saturated rings. The molecule has 2 heterocycles. The number of ether oxygens (including phenoxy) is 1. The molecule has 5 nitrogen and oxygen atoms in total. The van der Waals surface area contributed by atoms with Gasteiger partial charge in [0.25, 0.3) is 0 Å². The molecule has 104 valence electrons. The van der Waals surface area contributed by atoms with Crippen LogP contribution in [0.15, 0.2) is 0 Å². The summed E-state index contributed by atoms with van der Waals surface area (Å²) in [5, 5.41) is 3.10. The topological polar surface area (TPSA) is 44.8 Å². The van der Waals surface area contributed by atoms with E-state index in [9.17, 15) is 4.79 Å². The highest BCUT2D eigenvalue weighted by molar-refractivity contribution is 5.75. The van der Waals surface area contributed by atoms with Gasteiger partial charge < -0.3 is 19.9 Å². The fourth-order valence-corrected chi connectivity index (χ4v) is 2.77. The molecule has 2 atom stereocenters. The van der Waals surface area contributed by atoms with Crippen LogP contribution in [0.5, 0.6) is 0 Å². The van der Waals surface area contributed by atoms with Gasteiger partial charge in [-0.05, 0) is 32.9 Å². The molecule has 2 unspecified atom stereocenters. The summed E-state index contributed by atoms with van der Waals surface area (Å²) in [5.74, 6) is 0. The summed E-state index contributed by atoms with van der Waals surface area (Å²) in [6, 6.07) is 0.628. The number of nitrogens with one attached hydrogen (secondary N) is 1. The Bertz CT molecular complexity index is 279. The molecule has 0 saturated carbocycles. The highest BCUT2D eigenvalue weighted by Gasteiger charge is 2.28. The molecular formula is C13H25N3O2. The van der Waals surface area contributed by atoms with Gasteiger partial charge >= 0.3 is 6.03 Å². The minimum absolute atomic E-state index is 0.0904. The maximum absolute atomic E-state index is 12.3. The van der Waals surface area contributed by atoms with Crippen molar-refractivity contribution in [2.24, 2.45) is 0 Å². The van der Waals surface area contributed by atoms with Crippen molar-refractivity contribution in [1.82, 2.24) is 15.1 Å². The van der Waals surface area contributed by atoms with Crippen molar-refractivity contribution in [2.75, 3.05) is 39.9 Å². The predicted octanol–water partition coefficient (Wildman–Crippen LogP) is 0.901. The van der Waals surface area contributed by atoms with Crippen LogP contribution < -0.4 is 5.32 Å². The lowest BCUT2D eigenvalue weighted by Crippen LogP contribution is -2.51. The number of carbonyl (C=O) groups is 1. The summed E-state index contributed by atoms with van der Waals surface area (Å²) in [6.45, 7) is 6.50. The third kappa shape index (κ3) is 3.36. The van der Waals surface area contributed by atoms with Crippen LogP contribution in [0, 0.1) is 0 Å². The smallest absolute Gasteiger partial charge is 0.317 e. The van der Waals surface area contributed by atoms with E-state index in [1.165, 1.54) is 0 Å². The van der Waals surface area contributed by atoms with Crippen LogP contribution in [-0.2, 0) is 4.74 Å². The maximum Gasteiger partial charge on any atom is 0.317 e. The first kappa shape index (κ1) is 13.6. The molecule has 0 aromatic heterocycles. The second-order valence-electron chi connectivity index (χ2n) is 5.38. The number of hydrogen-bond donors (Lipinski definition) is 1. The van der Waals surface area contributed by atoms with Crippen molar-refractivity contribution in [3.8, 4) is 0 Å². The van der Waals surface area contributed by atoms with E-state index in [1.807, 2.05) is 4.90 Å². The third-order valence-electron chi connectivity index (χ3n) is 3.89. The summed E-state index contributed by atoms with van der Waals surface area (Å²) >= 11 is 0. The summed E-state index contributed by atoms with van der Waals surface area (Å²) in [6.07, 6.45) is 3.01. The van der Waals surface area contributed by atoms with Crippen LogP contribution in [0.4, 0.5) is 4.79 Å². The van der Waals surface area contributed by atoms with E-state index in [2.05, 4.69) is 24.2 Å². The van der Waals surface area contributed by atoms with E-state index in [0.717, 1.165) is 45.5 Å². The Kier molecular flexibility index (Phi) is 4.83. The number of rotatable bonds is 2. The molecule has 2 rings (SSSR count). The average Bonchev–Trinajstić information content (AvgIpc) is 2.77. The standard InChI is InChI=1S/C13H25N3O2/c1-3-12-9-15(2)6-4-7-16(12)13(17)14-11-5-8-18-10-11/h11-12H,3-10H2,1-2H3,(H,14,17). The quantitative estimate of drug-likeness (QED) is 0.797. The third-order valence-corrected chi connectivity index (χ3v) is 3.89. The van der Waals surface area contributed by atoms with Gasteiger partial charge in [0.2, 0.25) is 0 Å².